The van der Waals surface area contributed by atoms with E-state index >= 15 is 0 Å². The first-order chi connectivity index (χ1) is 9.46. The van der Waals surface area contributed by atoms with Gasteiger partial charge in [-0.15, -0.1) is 0 Å². The van der Waals surface area contributed by atoms with Gasteiger partial charge in [-0.2, -0.15) is 11.8 Å². The number of aryl methyl sites for hydroxylation is 3. The molecule has 1 saturated carbocycles. The van der Waals surface area contributed by atoms with Crippen LogP contribution in [0.3, 0.4) is 0 Å². The van der Waals surface area contributed by atoms with Gasteiger partial charge in [0.2, 0.25) is 0 Å². The van der Waals surface area contributed by atoms with Gasteiger partial charge in [0.15, 0.2) is 0 Å². The van der Waals surface area contributed by atoms with Crippen molar-refractivity contribution in [2.24, 2.45) is 5.41 Å². The lowest BCUT2D eigenvalue weighted by Crippen LogP contribution is -2.13. The molecule has 0 N–H and O–H groups in total. The molecule has 110 valence electrons. The van der Waals surface area contributed by atoms with Crippen LogP contribution in [0.15, 0.2) is 12.1 Å². The molecular weight excluding hydrogens is 268 g/mol. The fourth-order valence-electron chi connectivity index (χ4n) is 2.73. The highest BCUT2D eigenvalue weighted by Crippen LogP contribution is 2.51. The molecule has 0 heterocycles. The van der Waals surface area contributed by atoms with Crippen LogP contribution in [-0.4, -0.2) is 18.8 Å². The van der Waals surface area contributed by atoms with Crippen molar-refractivity contribution in [2.45, 2.75) is 45.8 Å². The average Bonchev–Trinajstić information content (AvgIpc) is 3.12. The first-order valence-corrected chi connectivity index (χ1v) is 8.32. The van der Waals surface area contributed by atoms with E-state index in [2.05, 4.69) is 32.9 Å². The van der Waals surface area contributed by atoms with Crippen molar-refractivity contribution in [1.82, 2.24) is 0 Å². The lowest BCUT2D eigenvalue weighted by molar-refractivity contribution is -0.141. The van der Waals surface area contributed by atoms with Gasteiger partial charge in [-0.25, -0.2) is 0 Å². The molecule has 0 bridgehead atoms. The monoisotopic (exact) mass is 292 g/mol. The van der Waals surface area contributed by atoms with Gasteiger partial charge in [-0.1, -0.05) is 17.7 Å². The maximum absolute atomic E-state index is 11.4. The Morgan fingerprint density at radius 2 is 1.85 bits per heavy atom. The minimum absolute atomic E-state index is 0.0641. The fraction of sp³-hybridized carbons (Fsp3) is 0.588. The van der Waals surface area contributed by atoms with E-state index in [4.69, 9.17) is 4.74 Å². The molecule has 1 aliphatic carbocycles. The van der Waals surface area contributed by atoms with Gasteiger partial charge in [-0.05, 0) is 61.5 Å². The molecule has 0 saturated heterocycles. The van der Waals surface area contributed by atoms with Crippen LogP contribution in [-0.2, 0) is 15.3 Å². The lowest BCUT2D eigenvalue weighted by atomic mass is 10.0. The minimum Gasteiger partial charge on any atom is -0.469 e. The Morgan fingerprint density at radius 3 is 2.35 bits per heavy atom. The third-order valence-corrected chi connectivity index (χ3v) is 5.51. The molecule has 0 spiro atoms. The van der Waals surface area contributed by atoms with Crippen LogP contribution in [0.25, 0.3) is 0 Å². The summed E-state index contributed by atoms with van der Waals surface area (Å²) in [6, 6.07) is 4.51. The van der Waals surface area contributed by atoms with E-state index in [0.29, 0.717) is 6.42 Å². The predicted octanol–water partition coefficient (Wildman–Crippen LogP) is 4.19. The molecule has 0 atom stereocenters. The topological polar surface area (TPSA) is 26.3 Å². The molecule has 20 heavy (non-hydrogen) atoms. The molecule has 0 amide bonds. The molecule has 1 fully saturated rings. The molecule has 3 heteroatoms. The number of hydrogen-bond donors (Lipinski definition) is 0. The zero-order chi connectivity index (χ0) is 14.8. The minimum atomic E-state index is -0.0641. The van der Waals surface area contributed by atoms with Crippen molar-refractivity contribution in [2.75, 3.05) is 12.9 Å². The van der Waals surface area contributed by atoms with Crippen LogP contribution in [0, 0.1) is 26.2 Å². The SMILES string of the molecule is COC(=O)CC1(CSCc2c(C)cc(C)cc2C)CC1. The molecular formula is C17H24O2S. The molecule has 1 aromatic rings. The number of ether oxygens (including phenoxy) is 1. The number of carbonyl (C=O) groups excluding carboxylic acids is 1. The van der Waals surface area contributed by atoms with Crippen molar-refractivity contribution in [3.05, 3.63) is 34.4 Å². The first kappa shape index (κ1) is 15.4. The Labute approximate surface area is 126 Å². The zero-order valence-corrected chi connectivity index (χ0v) is 13.7. The van der Waals surface area contributed by atoms with Crippen molar-refractivity contribution < 1.29 is 9.53 Å². The molecule has 2 nitrogen and oxygen atoms in total. The van der Waals surface area contributed by atoms with Crippen molar-refractivity contribution >= 4 is 17.7 Å². The molecule has 0 aliphatic heterocycles. The van der Waals surface area contributed by atoms with Gasteiger partial charge in [0, 0.05) is 5.75 Å². The fourth-order valence-corrected chi connectivity index (χ4v) is 4.32. The van der Waals surface area contributed by atoms with Crippen LogP contribution in [0.5, 0.6) is 0 Å². The van der Waals surface area contributed by atoms with E-state index < -0.39 is 0 Å². The van der Waals surface area contributed by atoms with Gasteiger partial charge >= 0.3 is 5.97 Å². The van der Waals surface area contributed by atoms with E-state index in [9.17, 15) is 4.79 Å². The molecule has 1 aromatic carbocycles. The Hall–Kier alpha value is -0.960. The highest BCUT2D eigenvalue weighted by atomic mass is 32.2. The Morgan fingerprint density at radius 1 is 1.25 bits per heavy atom. The maximum atomic E-state index is 11.4. The number of hydrogen-bond acceptors (Lipinski definition) is 3. The normalized spacial score (nSPS) is 16.0. The third kappa shape index (κ3) is 3.78. The number of thioether (sulfide) groups is 1. The summed E-state index contributed by atoms with van der Waals surface area (Å²) >= 11 is 1.95. The Bertz CT molecular complexity index is 481. The van der Waals surface area contributed by atoms with Gasteiger partial charge in [0.25, 0.3) is 0 Å². The third-order valence-electron chi connectivity index (χ3n) is 4.20. The standard InChI is InChI=1S/C17H24O2S/c1-12-7-13(2)15(14(3)8-12)10-20-11-17(5-6-17)9-16(18)19-4/h7-8H,5-6,9-11H2,1-4H3. The average molecular weight is 292 g/mol. The molecule has 0 unspecified atom stereocenters. The highest BCUT2D eigenvalue weighted by Gasteiger charge is 2.44. The lowest BCUT2D eigenvalue weighted by Gasteiger charge is -2.15. The molecule has 0 radical (unpaired) electrons. The molecule has 1 aliphatic rings. The van der Waals surface area contributed by atoms with Gasteiger partial charge < -0.3 is 4.74 Å². The van der Waals surface area contributed by atoms with Gasteiger partial charge in [-0.3, -0.25) is 4.79 Å². The van der Waals surface area contributed by atoms with Gasteiger partial charge in [0.05, 0.1) is 13.5 Å². The summed E-state index contributed by atoms with van der Waals surface area (Å²) in [4.78, 5) is 11.4. The van der Waals surface area contributed by atoms with Crippen molar-refractivity contribution in [3.8, 4) is 0 Å². The quantitative estimate of drug-likeness (QED) is 0.735. The van der Waals surface area contributed by atoms with E-state index in [1.54, 1.807) is 0 Å². The van der Waals surface area contributed by atoms with Crippen molar-refractivity contribution in [3.63, 3.8) is 0 Å². The molecule has 0 aromatic heterocycles. The summed E-state index contributed by atoms with van der Waals surface area (Å²) in [6.45, 7) is 6.53. The number of benzene rings is 1. The summed E-state index contributed by atoms with van der Waals surface area (Å²) < 4.78 is 4.79. The van der Waals surface area contributed by atoms with E-state index in [-0.39, 0.29) is 11.4 Å². The molecule has 2 rings (SSSR count). The van der Waals surface area contributed by atoms with Crippen LogP contribution in [0.1, 0.15) is 41.5 Å². The first-order valence-electron chi connectivity index (χ1n) is 7.17. The van der Waals surface area contributed by atoms with E-state index in [0.717, 1.165) is 11.5 Å². The largest absolute Gasteiger partial charge is 0.469 e. The summed E-state index contributed by atoms with van der Waals surface area (Å²) in [5, 5.41) is 0. The summed E-state index contributed by atoms with van der Waals surface area (Å²) in [6.07, 6.45) is 2.92. The van der Waals surface area contributed by atoms with Crippen LogP contribution >= 0.6 is 11.8 Å². The van der Waals surface area contributed by atoms with Gasteiger partial charge in [0.1, 0.15) is 0 Å². The summed E-state index contributed by atoms with van der Waals surface area (Å²) in [5.74, 6) is 2.04. The smallest absolute Gasteiger partial charge is 0.306 e. The second-order valence-electron chi connectivity index (χ2n) is 6.12. The number of rotatable bonds is 6. The maximum Gasteiger partial charge on any atom is 0.306 e. The highest BCUT2D eigenvalue weighted by molar-refractivity contribution is 7.98. The van der Waals surface area contributed by atoms with Crippen molar-refractivity contribution in [1.29, 1.82) is 0 Å². The number of esters is 1. The Balaban J connectivity index is 1.89. The zero-order valence-electron chi connectivity index (χ0n) is 12.9. The van der Waals surface area contributed by atoms with Crippen LogP contribution in [0.4, 0.5) is 0 Å². The second kappa shape index (κ2) is 6.21. The van der Waals surface area contributed by atoms with E-state index in [1.807, 2.05) is 11.8 Å². The summed E-state index contributed by atoms with van der Waals surface area (Å²) in [7, 11) is 1.48. The number of methoxy groups -OCH3 is 1. The van der Waals surface area contributed by atoms with E-state index in [1.165, 1.54) is 42.2 Å². The van der Waals surface area contributed by atoms with Crippen LogP contribution in [0.2, 0.25) is 0 Å². The number of carbonyl (C=O) groups is 1. The predicted molar refractivity (Wildman–Crippen MR) is 85.1 cm³/mol. The summed E-state index contributed by atoms with van der Waals surface area (Å²) in [5.41, 5.74) is 5.78. The van der Waals surface area contributed by atoms with Crippen LogP contribution < -0.4 is 0 Å². The second-order valence-corrected chi connectivity index (χ2v) is 7.11. The Kier molecular flexibility index (Phi) is 4.79.